The topological polar surface area (TPSA) is 66.4 Å². The average Bonchev–Trinajstić information content (AvgIpc) is 2.14. The Kier molecular flexibility index (Phi) is 4.27. The lowest BCUT2D eigenvalue weighted by Gasteiger charge is -2.37. The standard InChI is InChI=1S/C12H18BrNO3S/c1-11(2,12(3,4)15)14-18(16,17)10-8-6-5-7-9(10)13/h5-8,14-15H,1-4H3. The Morgan fingerprint density at radius 2 is 1.67 bits per heavy atom. The molecule has 2 N–H and O–H groups in total. The Bertz CT molecular complexity index is 532. The maximum Gasteiger partial charge on any atom is 0.242 e. The van der Waals surface area contributed by atoms with Gasteiger partial charge < -0.3 is 5.11 Å². The van der Waals surface area contributed by atoms with Crippen molar-refractivity contribution < 1.29 is 13.5 Å². The molecule has 0 atom stereocenters. The minimum absolute atomic E-state index is 0.155. The van der Waals surface area contributed by atoms with Crippen molar-refractivity contribution in [2.45, 2.75) is 43.7 Å². The Morgan fingerprint density at radius 3 is 2.11 bits per heavy atom. The molecule has 102 valence electrons. The van der Waals surface area contributed by atoms with Crippen LogP contribution >= 0.6 is 15.9 Å². The van der Waals surface area contributed by atoms with Gasteiger partial charge >= 0.3 is 0 Å². The molecule has 0 aliphatic heterocycles. The lowest BCUT2D eigenvalue weighted by atomic mass is 9.87. The smallest absolute Gasteiger partial charge is 0.242 e. The number of halogens is 1. The molecule has 0 amide bonds. The number of aliphatic hydroxyl groups is 1. The molecule has 0 fully saturated rings. The minimum atomic E-state index is -3.69. The van der Waals surface area contributed by atoms with E-state index in [1.54, 1.807) is 45.9 Å². The third-order valence-corrected chi connectivity index (χ3v) is 5.71. The van der Waals surface area contributed by atoms with E-state index in [2.05, 4.69) is 20.7 Å². The largest absolute Gasteiger partial charge is 0.389 e. The van der Waals surface area contributed by atoms with E-state index in [9.17, 15) is 13.5 Å². The van der Waals surface area contributed by atoms with Gasteiger partial charge in [0.25, 0.3) is 0 Å². The van der Waals surface area contributed by atoms with E-state index in [0.717, 1.165) is 0 Å². The first-order chi connectivity index (χ1) is 7.97. The average molecular weight is 336 g/mol. The number of nitrogens with one attached hydrogen (secondary N) is 1. The molecule has 0 spiro atoms. The molecule has 1 aromatic carbocycles. The summed E-state index contributed by atoms with van der Waals surface area (Å²) in [5.74, 6) is 0. The summed E-state index contributed by atoms with van der Waals surface area (Å²) < 4.78 is 27.5. The van der Waals surface area contributed by atoms with Crippen molar-refractivity contribution in [3.05, 3.63) is 28.7 Å². The molecule has 0 saturated carbocycles. The van der Waals surface area contributed by atoms with Gasteiger partial charge in [0.15, 0.2) is 0 Å². The monoisotopic (exact) mass is 335 g/mol. The molecule has 0 radical (unpaired) electrons. The summed E-state index contributed by atoms with van der Waals surface area (Å²) in [5, 5.41) is 9.99. The molecule has 6 heteroatoms. The molecule has 0 saturated heterocycles. The SMILES string of the molecule is CC(C)(O)C(C)(C)NS(=O)(=O)c1ccccc1Br. The third kappa shape index (κ3) is 3.32. The quantitative estimate of drug-likeness (QED) is 0.886. The lowest BCUT2D eigenvalue weighted by Crippen LogP contribution is -2.57. The second kappa shape index (κ2) is 4.92. The first kappa shape index (κ1) is 15.6. The molecule has 0 heterocycles. The van der Waals surface area contributed by atoms with E-state index in [4.69, 9.17) is 0 Å². The zero-order valence-corrected chi connectivity index (χ0v) is 13.3. The second-order valence-electron chi connectivity index (χ2n) is 5.22. The highest BCUT2D eigenvalue weighted by Gasteiger charge is 2.39. The van der Waals surface area contributed by atoms with Gasteiger partial charge in [0.2, 0.25) is 10.0 Å². The molecular formula is C12H18BrNO3S. The van der Waals surface area contributed by atoms with Crippen molar-refractivity contribution in [2.75, 3.05) is 0 Å². The third-order valence-electron chi connectivity index (χ3n) is 3.05. The van der Waals surface area contributed by atoms with Crippen molar-refractivity contribution in [2.24, 2.45) is 0 Å². The molecular weight excluding hydrogens is 318 g/mol. The fourth-order valence-electron chi connectivity index (χ4n) is 1.18. The zero-order valence-electron chi connectivity index (χ0n) is 10.9. The Labute approximate surface area is 117 Å². The van der Waals surface area contributed by atoms with Gasteiger partial charge in [-0.15, -0.1) is 0 Å². The Hall–Kier alpha value is -0.430. The lowest BCUT2D eigenvalue weighted by molar-refractivity contribution is 0.00638. The van der Waals surface area contributed by atoms with Crippen LogP contribution in [0.1, 0.15) is 27.7 Å². The van der Waals surface area contributed by atoms with Crippen molar-refractivity contribution in [1.82, 2.24) is 4.72 Å². The van der Waals surface area contributed by atoms with Crippen molar-refractivity contribution in [3.63, 3.8) is 0 Å². The highest BCUT2D eigenvalue weighted by Crippen LogP contribution is 2.26. The second-order valence-corrected chi connectivity index (χ2v) is 7.73. The summed E-state index contributed by atoms with van der Waals surface area (Å²) in [7, 11) is -3.69. The maximum atomic E-state index is 12.3. The highest BCUT2D eigenvalue weighted by molar-refractivity contribution is 9.10. The van der Waals surface area contributed by atoms with Crippen LogP contribution in [0.2, 0.25) is 0 Å². The maximum absolute atomic E-state index is 12.3. The number of hydrogen-bond donors (Lipinski definition) is 2. The molecule has 0 aliphatic carbocycles. The first-order valence-electron chi connectivity index (χ1n) is 5.48. The zero-order chi connectivity index (χ0) is 14.2. The molecule has 0 unspecified atom stereocenters. The van der Waals surface area contributed by atoms with Gasteiger partial charge in [-0.1, -0.05) is 12.1 Å². The van der Waals surface area contributed by atoms with Gasteiger partial charge in [0, 0.05) is 4.47 Å². The van der Waals surface area contributed by atoms with E-state index in [0.29, 0.717) is 4.47 Å². The molecule has 1 aromatic rings. The summed E-state index contributed by atoms with van der Waals surface area (Å²) in [6.45, 7) is 6.41. The number of sulfonamides is 1. The summed E-state index contributed by atoms with van der Waals surface area (Å²) in [6.07, 6.45) is 0. The minimum Gasteiger partial charge on any atom is -0.389 e. The molecule has 0 aromatic heterocycles. The predicted octanol–water partition coefficient (Wildman–Crippen LogP) is 2.28. The van der Waals surface area contributed by atoms with Gasteiger partial charge in [-0.25, -0.2) is 13.1 Å². The van der Waals surface area contributed by atoms with Crippen LogP contribution in [0.3, 0.4) is 0 Å². The van der Waals surface area contributed by atoms with Crippen molar-refractivity contribution in [1.29, 1.82) is 0 Å². The molecule has 0 bridgehead atoms. The first-order valence-corrected chi connectivity index (χ1v) is 7.76. The summed E-state index contributed by atoms with van der Waals surface area (Å²) in [6, 6.07) is 6.55. The van der Waals surface area contributed by atoms with Gasteiger partial charge in [-0.05, 0) is 55.8 Å². The predicted molar refractivity (Wildman–Crippen MR) is 74.8 cm³/mol. The summed E-state index contributed by atoms with van der Waals surface area (Å²) in [4.78, 5) is 0.155. The van der Waals surface area contributed by atoms with Gasteiger partial charge in [-0.3, -0.25) is 0 Å². The molecule has 18 heavy (non-hydrogen) atoms. The van der Waals surface area contributed by atoms with Crippen LogP contribution in [-0.4, -0.2) is 24.7 Å². The molecule has 1 rings (SSSR count). The normalized spacial score (nSPS) is 13.7. The van der Waals surface area contributed by atoms with Crippen LogP contribution in [0.5, 0.6) is 0 Å². The van der Waals surface area contributed by atoms with Crippen LogP contribution in [0, 0.1) is 0 Å². The van der Waals surface area contributed by atoms with Gasteiger partial charge in [0.1, 0.15) is 0 Å². The van der Waals surface area contributed by atoms with Crippen LogP contribution in [-0.2, 0) is 10.0 Å². The van der Waals surface area contributed by atoms with E-state index in [1.807, 2.05) is 0 Å². The highest BCUT2D eigenvalue weighted by atomic mass is 79.9. The Morgan fingerprint density at radius 1 is 1.17 bits per heavy atom. The van der Waals surface area contributed by atoms with Crippen LogP contribution < -0.4 is 4.72 Å². The van der Waals surface area contributed by atoms with E-state index >= 15 is 0 Å². The van der Waals surface area contributed by atoms with Crippen LogP contribution in [0.25, 0.3) is 0 Å². The number of hydrogen-bond acceptors (Lipinski definition) is 3. The van der Waals surface area contributed by atoms with Crippen LogP contribution in [0.4, 0.5) is 0 Å². The van der Waals surface area contributed by atoms with E-state index < -0.39 is 21.2 Å². The molecule has 4 nitrogen and oxygen atoms in total. The van der Waals surface area contributed by atoms with E-state index in [-0.39, 0.29) is 4.90 Å². The molecule has 0 aliphatic rings. The summed E-state index contributed by atoms with van der Waals surface area (Å²) in [5.41, 5.74) is -2.16. The van der Waals surface area contributed by atoms with E-state index in [1.165, 1.54) is 6.07 Å². The number of benzene rings is 1. The van der Waals surface area contributed by atoms with Gasteiger partial charge in [0.05, 0.1) is 16.0 Å². The fraction of sp³-hybridized carbons (Fsp3) is 0.500. The summed E-state index contributed by atoms with van der Waals surface area (Å²) >= 11 is 3.21. The van der Waals surface area contributed by atoms with Crippen molar-refractivity contribution in [3.8, 4) is 0 Å². The van der Waals surface area contributed by atoms with Gasteiger partial charge in [-0.2, -0.15) is 0 Å². The van der Waals surface area contributed by atoms with Crippen LogP contribution in [0.15, 0.2) is 33.6 Å². The Balaban J connectivity index is 3.16. The number of rotatable bonds is 4. The fourth-order valence-corrected chi connectivity index (χ4v) is 3.72. The van der Waals surface area contributed by atoms with Crippen molar-refractivity contribution >= 4 is 26.0 Å².